The van der Waals surface area contributed by atoms with Crippen molar-refractivity contribution < 1.29 is 13.2 Å². The van der Waals surface area contributed by atoms with Crippen molar-refractivity contribution in [3.63, 3.8) is 0 Å². The molecule has 0 aliphatic rings. The van der Waals surface area contributed by atoms with Crippen molar-refractivity contribution in [1.82, 2.24) is 0 Å². The molecular formula is C14H13ClN2O3S. The molecule has 0 aromatic heterocycles. The lowest BCUT2D eigenvalue weighted by atomic mass is 10.3. The van der Waals surface area contributed by atoms with Gasteiger partial charge in [-0.2, -0.15) is 0 Å². The average Bonchev–Trinajstić information content (AvgIpc) is 2.41. The number of nitrogens with one attached hydrogen (secondary N) is 1. The Balaban J connectivity index is 2.07. The first-order valence-corrected chi connectivity index (χ1v) is 8.03. The molecule has 0 saturated carbocycles. The first-order chi connectivity index (χ1) is 9.87. The van der Waals surface area contributed by atoms with E-state index in [1.807, 2.05) is 0 Å². The van der Waals surface area contributed by atoms with Gasteiger partial charge in [0, 0.05) is 16.4 Å². The van der Waals surface area contributed by atoms with E-state index in [1.54, 1.807) is 24.3 Å². The van der Waals surface area contributed by atoms with Gasteiger partial charge >= 0.3 is 0 Å². The third kappa shape index (κ3) is 4.21. The smallest absolute Gasteiger partial charge is 0.239 e. The summed E-state index contributed by atoms with van der Waals surface area (Å²) in [6, 6.07) is 12.1. The van der Waals surface area contributed by atoms with E-state index in [9.17, 15) is 13.2 Å². The number of sulfone groups is 1. The van der Waals surface area contributed by atoms with Gasteiger partial charge in [-0.25, -0.2) is 8.42 Å². The van der Waals surface area contributed by atoms with Crippen LogP contribution in [0.25, 0.3) is 0 Å². The van der Waals surface area contributed by atoms with Crippen LogP contribution in [-0.4, -0.2) is 20.1 Å². The Morgan fingerprint density at radius 1 is 1.05 bits per heavy atom. The van der Waals surface area contributed by atoms with Gasteiger partial charge in [0.05, 0.1) is 4.90 Å². The van der Waals surface area contributed by atoms with E-state index in [2.05, 4.69) is 5.32 Å². The maximum absolute atomic E-state index is 12.1. The highest BCUT2D eigenvalue weighted by atomic mass is 35.5. The van der Waals surface area contributed by atoms with Crippen LogP contribution in [-0.2, 0) is 14.6 Å². The number of nitrogens with two attached hydrogens (primary N) is 1. The van der Waals surface area contributed by atoms with Gasteiger partial charge < -0.3 is 11.1 Å². The van der Waals surface area contributed by atoms with Gasteiger partial charge in [0.15, 0.2) is 9.84 Å². The summed E-state index contributed by atoms with van der Waals surface area (Å²) < 4.78 is 24.2. The van der Waals surface area contributed by atoms with Crippen LogP contribution in [0.2, 0.25) is 5.02 Å². The topological polar surface area (TPSA) is 89.3 Å². The van der Waals surface area contributed by atoms with Crippen LogP contribution in [0.4, 0.5) is 11.4 Å². The first-order valence-electron chi connectivity index (χ1n) is 6.00. The van der Waals surface area contributed by atoms with Crippen molar-refractivity contribution in [2.45, 2.75) is 4.90 Å². The highest BCUT2D eigenvalue weighted by Gasteiger charge is 2.19. The highest BCUT2D eigenvalue weighted by molar-refractivity contribution is 7.92. The van der Waals surface area contributed by atoms with Gasteiger partial charge in [-0.1, -0.05) is 11.6 Å². The zero-order valence-corrected chi connectivity index (χ0v) is 12.5. The Labute approximate surface area is 127 Å². The number of benzene rings is 2. The van der Waals surface area contributed by atoms with Crippen molar-refractivity contribution in [1.29, 1.82) is 0 Å². The predicted molar refractivity (Wildman–Crippen MR) is 83.0 cm³/mol. The normalized spacial score (nSPS) is 11.1. The number of carbonyl (C=O) groups excluding carboxylic acids is 1. The zero-order chi connectivity index (χ0) is 15.5. The molecule has 0 aliphatic carbocycles. The molecule has 0 unspecified atom stereocenters. The largest absolute Gasteiger partial charge is 0.399 e. The van der Waals surface area contributed by atoms with Crippen LogP contribution in [0.5, 0.6) is 0 Å². The van der Waals surface area contributed by atoms with E-state index < -0.39 is 21.5 Å². The molecule has 0 heterocycles. The minimum absolute atomic E-state index is 0.0583. The molecule has 21 heavy (non-hydrogen) atoms. The second-order valence-electron chi connectivity index (χ2n) is 4.38. The highest BCUT2D eigenvalue weighted by Crippen LogP contribution is 2.16. The molecule has 0 spiro atoms. The summed E-state index contributed by atoms with van der Waals surface area (Å²) >= 11 is 5.73. The number of carbonyl (C=O) groups is 1. The molecule has 0 atom stereocenters. The van der Waals surface area contributed by atoms with Crippen molar-refractivity contribution in [2.24, 2.45) is 0 Å². The Bertz CT molecular complexity index is 741. The molecule has 0 aliphatic heterocycles. The molecule has 2 rings (SSSR count). The molecule has 2 aromatic rings. The quantitative estimate of drug-likeness (QED) is 0.845. The van der Waals surface area contributed by atoms with Gasteiger partial charge in [-0.15, -0.1) is 0 Å². The van der Waals surface area contributed by atoms with Gasteiger partial charge in [-0.3, -0.25) is 4.79 Å². The number of hydrogen-bond acceptors (Lipinski definition) is 4. The number of rotatable bonds is 4. The Morgan fingerprint density at radius 3 is 2.19 bits per heavy atom. The van der Waals surface area contributed by atoms with Crippen molar-refractivity contribution in [3.8, 4) is 0 Å². The summed E-state index contributed by atoms with van der Waals surface area (Å²) in [5, 5.41) is 3.04. The van der Waals surface area contributed by atoms with E-state index in [4.69, 9.17) is 17.3 Å². The molecule has 3 N–H and O–H groups in total. The van der Waals surface area contributed by atoms with Gasteiger partial charge in [0.2, 0.25) is 5.91 Å². The summed E-state index contributed by atoms with van der Waals surface area (Å²) in [4.78, 5) is 11.9. The molecule has 110 valence electrons. The fourth-order valence-electron chi connectivity index (χ4n) is 1.66. The maximum Gasteiger partial charge on any atom is 0.239 e. The van der Waals surface area contributed by atoms with Gasteiger partial charge in [-0.05, 0) is 48.5 Å². The second kappa shape index (κ2) is 6.15. The third-order valence-corrected chi connectivity index (χ3v) is 4.57. The van der Waals surface area contributed by atoms with Crippen LogP contribution in [0.3, 0.4) is 0 Å². The molecule has 0 saturated heterocycles. The molecule has 0 radical (unpaired) electrons. The number of hydrogen-bond donors (Lipinski definition) is 2. The van der Waals surface area contributed by atoms with Crippen molar-refractivity contribution in [2.75, 3.05) is 16.8 Å². The molecule has 7 heteroatoms. The SMILES string of the molecule is Nc1ccc(S(=O)(=O)CC(=O)Nc2ccc(Cl)cc2)cc1. The standard InChI is InChI=1S/C14H13ClN2O3S/c15-10-1-5-12(6-2-10)17-14(18)9-21(19,20)13-7-3-11(16)4-8-13/h1-8H,9,16H2,(H,17,18). The molecule has 0 fully saturated rings. The lowest BCUT2D eigenvalue weighted by Crippen LogP contribution is -2.23. The van der Waals surface area contributed by atoms with Crippen LogP contribution in [0, 0.1) is 0 Å². The Kier molecular flexibility index (Phi) is 4.50. The summed E-state index contributed by atoms with van der Waals surface area (Å²) in [7, 11) is -3.70. The molecular weight excluding hydrogens is 312 g/mol. The fourth-order valence-corrected chi connectivity index (χ4v) is 2.92. The van der Waals surface area contributed by atoms with Crippen molar-refractivity contribution in [3.05, 3.63) is 53.6 Å². The molecule has 5 nitrogen and oxygen atoms in total. The minimum atomic E-state index is -3.70. The average molecular weight is 325 g/mol. The van der Waals surface area contributed by atoms with Gasteiger partial charge in [0.25, 0.3) is 0 Å². The summed E-state index contributed by atoms with van der Waals surface area (Å²) in [5.74, 6) is -1.26. The Hall–Kier alpha value is -2.05. The van der Waals surface area contributed by atoms with E-state index >= 15 is 0 Å². The predicted octanol–water partition coefficient (Wildman–Crippen LogP) is 2.33. The monoisotopic (exact) mass is 324 g/mol. The lowest BCUT2D eigenvalue weighted by Gasteiger charge is -2.07. The van der Waals surface area contributed by atoms with Crippen LogP contribution in [0.1, 0.15) is 0 Å². The summed E-state index contributed by atoms with van der Waals surface area (Å²) in [6.45, 7) is 0. The Morgan fingerprint density at radius 2 is 1.62 bits per heavy atom. The second-order valence-corrected chi connectivity index (χ2v) is 6.81. The number of amides is 1. The van der Waals surface area contributed by atoms with Crippen molar-refractivity contribution >= 4 is 38.7 Å². The van der Waals surface area contributed by atoms with E-state index in [-0.39, 0.29) is 4.90 Å². The van der Waals surface area contributed by atoms with Crippen LogP contribution < -0.4 is 11.1 Å². The van der Waals surface area contributed by atoms with E-state index in [0.29, 0.717) is 16.4 Å². The molecule has 0 bridgehead atoms. The first kappa shape index (κ1) is 15.3. The lowest BCUT2D eigenvalue weighted by molar-refractivity contribution is -0.113. The third-order valence-electron chi connectivity index (χ3n) is 2.69. The van der Waals surface area contributed by atoms with Crippen LogP contribution >= 0.6 is 11.6 Å². The molecule has 1 amide bonds. The summed E-state index contributed by atoms with van der Waals surface area (Å²) in [6.07, 6.45) is 0. The summed E-state index contributed by atoms with van der Waals surface area (Å²) in [5.41, 5.74) is 6.44. The van der Waals surface area contributed by atoms with E-state index in [0.717, 1.165) is 0 Å². The minimum Gasteiger partial charge on any atom is -0.399 e. The van der Waals surface area contributed by atoms with Gasteiger partial charge in [0.1, 0.15) is 5.75 Å². The number of anilines is 2. The maximum atomic E-state index is 12.1. The number of nitrogen functional groups attached to an aromatic ring is 1. The van der Waals surface area contributed by atoms with E-state index in [1.165, 1.54) is 24.3 Å². The van der Waals surface area contributed by atoms with Crippen LogP contribution in [0.15, 0.2) is 53.4 Å². The fraction of sp³-hybridized carbons (Fsp3) is 0.0714. The zero-order valence-electron chi connectivity index (χ0n) is 10.9. The number of halogens is 1. The molecule has 2 aromatic carbocycles.